The lowest BCUT2D eigenvalue weighted by atomic mass is 9.96. The number of ketones is 1. The first-order valence-electron chi connectivity index (χ1n) is 6.60. The number of hydrogen-bond acceptors (Lipinski definition) is 4. The molecule has 1 aliphatic heterocycles. The predicted octanol–water partition coefficient (Wildman–Crippen LogP) is 2.26. The summed E-state index contributed by atoms with van der Waals surface area (Å²) in [4.78, 5) is 12.6. The van der Waals surface area contributed by atoms with Crippen molar-refractivity contribution >= 4 is 5.78 Å². The Bertz CT molecular complexity index is 491. The maximum absolute atomic E-state index is 12.6. The number of nitrogens with one attached hydrogen (secondary N) is 1. The van der Waals surface area contributed by atoms with E-state index in [-0.39, 0.29) is 11.8 Å². The van der Waals surface area contributed by atoms with Gasteiger partial charge in [0.25, 0.3) is 0 Å². The molecule has 4 heteroatoms. The van der Waals surface area contributed by atoms with Gasteiger partial charge in [0.1, 0.15) is 11.5 Å². The topological polar surface area (TPSA) is 47.6 Å². The van der Waals surface area contributed by atoms with Crippen LogP contribution >= 0.6 is 0 Å². The summed E-state index contributed by atoms with van der Waals surface area (Å²) in [7, 11) is 3.23. The predicted molar refractivity (Wildman–Crippen MR) is 74.4 cm³/mol. The average molecular weight is 263 g/mol. The Balaban J connectivity index is 2.48. The van der Waals surface area contributed by atoms with Crippen molar-refractivity contribution in [3.8, 4) is 11.5 Å². The minimum Gasteiger partial charge on any atom is -0.496 e. The number of benzene rings is 1. The van der Waals surface area contributed by atoms with Gasteiger partial charge in [-0.3, -0.25) is 4.79 Å². The molecular formula is C15H21NO3. The molecule has 1 heterocycles. The highest BCUT2D eigenvalue weighted by molar-refractivity contribution is 6.03. The molecule has 0 aliphatic carbocycles. The molecule has 1 N–H and O–H groups in total. The Morgan fingerprint density at radius 2 is 2.00 bits per heavy atom. The minimum atomic E-state index is -0.0966. The molecule has 1 fully saturated rings. The van der Waals surface area contributed by atoms with E-state index in [9.17, 15) is 4.79 Å². The Hall–Kier alpha value is -1.55. The van der Waals surface area contributed by atoms with E-state index < -0.39 is 0 Å². The van der Waals surface area contributed by atoms with Crippen molar-refractivity contribution in [3.63, 3.8) is 0 Å². The van der Waals surface area contributed by atoms with Crippen molar-refractivity contribution in [3.05, 3.63) is 22.8 Å². The van der Waals surface area contributed by atoms with Gasteiger partial charge < -0.3 is 14.8 Å². The number of carbonyl (C=O) groups excluding carboxylic acids is 1. The standard InChI is InChI=1S/C15H21NO3/c1-9-10(2)15(19-4)11(8-13(9)18-3)14(17)12-6-5-7-16-12/h8,12,16H,5-7H2,1-4H3. The van der Waals surface area contributed by atoms with E-state index in [1.807, 2.05) is 13.8 Å². The van der Waals surface area contributed by atoms with Crippen LogP contribution in [0.15, 0.2) is 6.07 Å². The van der Waals surface area contributed by atoms with E-state index >= 15 is 0 Å². The van der Waals surface area contributed by atoms with Gasteiger partial charge in [0.15, 0.2) is 5.78 Å². The van der Waals surface area contributed by atoms with Crippen LogP contribution in [0.1, 0.15) is 34.3 Å². The van der Waals surface area contributed by atoms with Crippen molar-refractivity contribution < 1.29 is 14.3 Å². The molecule has 0 saturated carbocycles. The van der Waals surface area contributed by atoms with E-state index in [0.717, 1.165) is 36.3 Å². The molecule has 1 aromatic carbocycles. The van der Waals surface area contributed by atoms with Crippen LogP contribution in [0.25, 0.3) is 0 Å². The van der Waals surface area contributed by atoms with Crippen LogP contribution in [0.3, 0.4) is 0 Å². The summed E-state index contributed by atoms with van der Waals surface area (Å²) in [6.45, 7) is 4.83. The minimum absolute atomic E-state index is 0.0933. The van der Waals surface area contributed by atoms with Crippen molar-refractivity contribution in [1.82, 2.24) is 5.32 Å². The van der Waals surface area contributed by atoms with Gasteiger partial charge in [-0.2, -0.15) is 0 Å². The van der Waals surface area contributed by atoms with Crippen LogP contribution in [0.2, 0.25) is 0 Å². The van der Waals surface area contributed by atoms with Crippen LogP contribution in [-0.2, 0) is 0 Å². The van der Waals surface area contributed by atoms with Gasteiger partial charge in [-0.1, -0.05) is 0 Å². The molecule has 0 spiro atoms. The van der Waals surface area contributed by atoms with Crippen LogP contribution in [-0.4, -0.2) is 32.6 Å². The summed E-state index contributed by atoms with van der Waals surface area (Å²) in [6, 6.07) is 1.70. The lowest BCUT2D eigenvalue weighted by molar-refractivity contribution is 0.0948. The van der Waals surface area contributed by atoms with Crippen molar-refractivity contribution in [2.24, 2.45) is 0 Å². The van der Waals surface area contributed by atoms with Gasteiger partial charge in [-0.25, -0.2) is 0 Å². The van der Waals surface area contributed by atoms with E-state index in [1.165, 1.54) is 0 Å². The SMILES string of the molecule is COc1cc(C(=O)C2CCCN2)c(OC)c(C)c1C. The molecule has 1 saturated heterocycles. The quantitative estimate of drug-likeness (QED) is 0.846. The Labute approximate surface area is 114 Å². The number of rotatable bonds is 4. The molecule has 0 amide bonds. The van der Waals surface area contributed by atoms with E-state index in [1.54, 1.807) is 20.3 Å². The zero-order valence-electron chi connectivity index (χ0n) is 12.0. The van der Waals surface area contributed by atoms with Crippen LogP contribution < -0.4 is 14.8 Å². The Morgan fingerprint density at radius 3 is 2.53 bits per heavy atom. The molecule has 1 aliphatic rings. The molecule has 104 valence electrons. The third-order valence-electron chi connectivity index (χ3n) is 3.86. The Kier molecular flexibility index (Phi) is 4.10. The first-order valence-corrected chi connectivity index (χ1v) is 6.60. The maximum Gasteiger partial charge on any atom is 0.183 e. The van der Waals surface area contributed by atoms with Crippen LogP contribution in [0.4, 0.5) is 0 Å². The largest absolute Gasteiger partial charge is 0.496 e. The second-order valence-electron chi connectivity index (χ2n) is 4.92. The van der Waals surface area contributed by atoms with Gasteiger partial charge in [0.2, 0.25) is 0 Å². The molecule has 0 aromatic heterocycles. The van der Waals surface area contributed by atoms with Crippen molar-refractivity contribution in [2.75, 3.05) is 20.8 Å². The third-order valence-corrected chi connectivity index (χ3v) is 3.86. The lowest BCUT2D eigenvalue weighted by Gasteiger charge is -2.18. The van der Waals surface area contributed by atoms with Gasteiger partial charge in [-0.15, -0.1) is 0 Å². The summed E-state index contributed by atoms with van der Waals surface area (Å²) in [5, 5.41) is 3.23. The fourth-order valence-electron chi connectivity index (χ4n) is 2.62. The number of methoxy groups -OCH3 is 2. The first kappa shape index (κ1) is 13.9. The monoisotopic (exact) mass is 263 g/mol. The van der Waals surface area contributed by atoms with E-state index in [0.29, 0.717) is 11.3 Å². The molecule has 1 unspecified atom stereocenters. The normalized spacial score (nSPS) is 18.4. The molecule has 19 heavy (non-hydrogen) atoms. The molecule has 4 nitrogen and oxygen atoms in total. The average Bonchev–Trinajstić information content (AvgIpc) is 2.94. The van der Waals surface area contributed by atoms with E-state index in [4.69, 9.17) is 9.47 Å². The number of ether oxygens (including phenoxy) is 2. The fraction of sp³-hybridized carbons (Fsp3) is 0.533. The fourth-order valence-corrected chi connectivity index (χ4v) is 2.62. The first-order chi connectivity index (χ1) is 9.10. The van der Waals surface area contributed by atoms with Crippen LogP contribution in [0, 0.1) is 13.8 Å². The molecule has 0 bridgehead atoms. The van der Waals surface area contributed by atoms with Gasteiger partial charge in [0.05, 0.1) is 25.8 Å². The molecule has 1 atom stereocenters. The summed E-state index contributed by atoms with van der Waals surface area (Å²) in [5.41, 5.74) is 2.58. The number of hydrogen-bond donors (Lipinski definition) is 1. The maximum atomic E-state index is 12.6. The number of carbonyl (C=O) groups is 1. The second-order valence-corrected chi connectivity index (χ2v) is 4.92. The summed E-state index contributed by atoms with van der Waals surface area (Å²) >= 11 is 0. The Morgan fingerprint density at radius 1 is 1.26 bits per heavy atom. The van der Waals surface area contributed by atoms with Gasteiger partial charge in [0, 0.05) is 0 Å². The smallest absolute Gasteiger partial charge is 0.183 e. The van der Waals surface area contributed by atoms with Gasteiger partial charge in [-0.05, 0) is 50.4 Å². The summed E-state index contributed by atoms with van der Waals surface area (Å²) < 4.78 is 10.8. The zero-order valence-corrected chi connectivity index (χ0v) is 12.0. The van der Waals surface area contributed by atoms with Crippen molar-refractivity contribution in [1.29, 1.82) is 0 Å². The molecular weight excluding hydrogens is 242 g/mol. The molecule has 1 aromatic rings. The van der Waals surface area contributed by atoms with Crippen molar-refractivity contribution in [2.45, 2.75) is 32.7 Å². The zero-order chi connectivity index (χ0) is 14.0. The highest BCUT2D eigenvalue weighted by Gasteiger charge is 2.27. The highest BCUT2D eigenvalue weighted by atomic mass is 16.5. The molecule has 2 rings (SSSR count). The lowest BCUT2D eigenvalue weighted by Crippen LogP contribution is -2.31. The van der Waals surface area contributed by atoms with Gasteiger partial charge >= 0.3 is 0 Å². The second kappa shape index (κ2) is 5.61. The number of Topliss-reactive ketones (excluding diaryl/α,β-unsaturated/α-hetero) is 1. The third kappa shape index (κ3) is 2.45. The highest BCUT2D eigenvalue weighted by Crippen LogP contribution is 2.34. The van der Waals surface area contributed by atoms with Crippen LogP contribution in [0.5, 0.6) is 11.5 Å². The van der Waals surface area contributed by atoms with E-state index in [2.05, 4.69) is 5.32 Å². The summed E-state index contributed by atoms with van der Waals surface area (Å²) in [6.07, 6.45) is 1.93. The molecule has 0 radical (unpaired) electrons. The summed E-state index contributed by atoms with van der Waals surface area (Å²) in [5.74, 6) is 1.49.